The topological polar surface area (TPSA) is 34.9 Å². The van der Waals surface area contributed by atoms with E-state index >= 15 is 0 Å². The molecule has 0 saturated carbocycles. The van der Waals surface area contributed by atoms with E-state index in [-0.39, 0.29) is 0 Å². The Morgan fingerprint density at radius 3 is 2.79 bits per heavy atom. The zero-order chi connectivity index (χ0) is 14.0. The van der Waals surface area contributed by atoms with Crippen molar-refractivity contribution in [1.82, 2.24) is 9.78 Å². The molecule has 0 radical (unpaired) electrons. The van der Waals surface area contributed by atoms with Crippen molar-refractivity contribution in [2.24, 2.45) is 0 Å². The van der Waals surface area contributed by atoms with Gasteiger partial charge in [0.1, 0.15) is 5.15 Å². The smallest absolute Gasteiger partial charge is 0.155 e. The molecule has 0 N–H and O–H groups in total. The molecule has 1 aromatic heterocycles. The second-order valence-electron chi connectivity index (χ2n) is 4.36. The van der Waals surface area contributed by atoms with E-state index < -0.39 is 0 Å². The average molecular weight is 342 g/mol. The zero-order valence-corrected chi connectivity index (χ0v) is 13.1. The molecule has 0 fully saturated rings. The molecule has 2 aromatic rings. The van der Waals surface area contributed by atoms with Gasteiger partial charge in [-0.3, -0.25) is 4.79 Å². The highest BCUT2D eigenvalue weighted by Crippen LogP contribution is 2.26. The maximum Gasteiger partial charge on any atom is 0.155 e. The molecule has 0 aliphatic heterocycles. The lowest BCUT2D eigenvalue weighted by Gasteiger charge is -2.07. The third-order valence-electron chi connectivity index (χ3n) is 2.93. The first-order valence-corrected chi connectivity index (χ1v) is 7.24. The van der Waals surface area contributed by atoms with Crippen LogP contribution in [-0.4, -0.2) is 16.1 Å². The SMILES string of the molecule is CCCc1nn(-c2ccc(Br)cc2C)c(Cl)c1C=O. The van der Waals surface area contributed by atoms with Crippen molar-refractivity contribution in [1.29, 1.82) is 0 Å². The number of carbonyl (C=O) groups excluding carboxylic acids is 1. The molecule has 5 heteroatoms. The lowest BCUT2D eigenvalue weighted by Crippen LogP contribution is -2.00. The Morgan fingerprint density at radius 2 is 2.21 bits per heavy atom. The highest BCUT2D eigenvalue weighted by molar-refractivity contribution is 9.10. The molecule has 100 valence electrons. The van der Waals surface area contributed by atoms with Crippen LogP contribution in [0.15, 0.2) is 22.7 Å². The van der Waals surface area contributed by atoms with E-state index in [9.17, 15) is 4.79 Å². The molecule has 19 heavy (non-hydrogen) atoms. The first kappa shape index (κ1) is 14.3. The quantitative estimate of drug-likeness (QED) is 0.774. The van der Waals surface area contributed by atoms with E-state index in [0.717, 1.165) is 40.5 Å². The highest BCUT2D eigenvalue weighted by atomic mass is 79.9. The molecule has 0 spiro atoms. The van der Waals surface area contributed by atoms with E-state index in [2.05, 4.69) is 21.0 Å². The predicted octanol–water partition coefficient (Wildman–Crippen LogP) is 4.36. The number of hydrogen-bond acceptors (Lipinski definition) is 2. The first-order chi connectivity index (χ1) is 9.08. The van der Waals surface area contributed by atoms with Crippen LogP contribution in [0.2, 0.25) is 5.15 Å². The Hall–Kier alpha value is -1.13. The van der Waals surface area contributed by atoms with Gasteiger partial charge in [0.15, 0.2) is 6.29 Å². The molecule has 0 saturated heterocycles. The summed E-state index contributed by atoms with van der Waals surface area (Å²) in [5.41, 5.74) is 3.17. The summed E-state index contributed by atoms with van der Waals surface area (Å²) in [6.07, 6.45) is 2.45. The van der Waals surface area contributed by atoms with Gasteiger partial charge in [-0.15, -0.1) is 0 Å². The molecule has 0 amide bonds. The standard InChI is InChI=1S/C14H14BrClN2O/c1-3-4-12-11(8-19)14(16)18(17-12)13-6-5-10(15)7-9(13)2/h5-8H,3-4H2,1-2H3. The van der Waals surface area contributed by atoms with E-state index in [1.54, 1.807) is 4.68 Å². The fraction of sp³-hybridized carbons (Fsp3) is 0.286. The number of carbonyl (C=O) groups is 1. The summed E-state index contributed by atoms with van der Waals surface area (Å²) in [7, 11) is 0. The largest absolute Gasteiger partial charge is 0.298 e. The molecule has 1 aromatic carbocycles. The van der Waals surface area contributed by atoms with Crippen molar-refractivity contribution in [2.75, 3.05) is 0 Å². The predicted molar refractivity (Wildman–Crippen MR) is 80.4 cm³/mol. The van der Waals surface area contributed by atoms with Crippen molar-refractivity contribution >= 4 is 33.8 Å². The normalized spacial score (nSPS) is 10.7. The minimum atomic E-state index is 0.379. The summed E-state index contributed by atoms with van der Waals surface area (Å²) in [5, 5.41) is 4.85. The van der Waals surface area contributed by atoms with Gasteiger partial charge in [0.25, 0.3) is 0 Å². The van der Waals surface area contributed by atoms with Gasteiger partial charge in [-0.25, -0.2) is 4.68 Å². The van der Waals surface area contributed by atoms with E-state index in [1.165, 1.54) is 0 Å². The van der Waals surface area contributed by atoms with Gasteiger partial charge < -0.3 is 0 Å². The van der Waals surface area contributed by atoms with Gasteiger partial charge in [-0.2, -0.15) is 5.10 Å². The molecule has 0 unspecified atom stereocenters. The van der Waals surface area contributed by atoms with Crippen molar-refractivity contribution < 1.29 is 4.79 Å². The average Bonchev–Trinajstić information content (AvgIpc) is 2.66. The van der Waals surface area contributed by atoms with Crippen LogP contribution in [0.3, 0.4) is 0 Å². The molecule has 0 bridgehead atoms. The molecule has 0 aliphatic rings. The molecule has 0 atom stereocenters. The van der Waals surface area contributed by atoms with Crippen LogP contribution in [0, 0.1) is 6.92 Å². The molecule has 0 aliphatic carbocycles. The number of aromatic nitrogens is 2. The summed E-state index contributed by atoms with van der Waals surface area (Å²) < 4.78 is 2.64. The highest BCUT2D eigenvalue weighted by Gasteiger charge is 2.17. The number of halogens is 2. The minimum Gasteiger partial charge on any atom is -0.298 e. The number of aldehydes is 1. The Labute approximate surface area is 125 Å². The van der Waals surface area contributed by atoms with Gasteiger partial charge in [-0.05, 0) is 37.1 Å². The maximum absolute atomic E-state index is 11.2. The Bertz CT molecular complexity index is 622. The minimum absolute atomic E-state index is 0.379. The van der Waals surface area contributed by atoms with Crippen molar-refractivity contribution in [3.8, 4) is 5.69 Å². The molecular formula is C14H14BrClN2O. The third-order valence-corrected chi connectivity index (χ3v) is 3.79. The molecule has 3 nitrogen and oxygen atoms in total. The Morgan fingerprint density at radius 1 is 1.47 bits per heavy atom. The molecule has 1 heterocycles. The zero-order valence-electron chi connectivity index (χ0n) is 10.8. The summed E-state index contributed by atoms with van der Waals surface area (Å²) in [5.74, 6) is 0. The summed E-state index contributed by atoms with van der Waals surface area (Å²) in [4.78, 5) is 11.2. The number of rotatable bonds is 4. The second kappa shape index (κ2) is 5.88. The third kappa shape index (κ3) is 2.74. The monoisotopic (exact) mass is 340 g/mol. The Kier molecular flexibility index (Phi) is 4.42. The van der Waals surface area contributed by atoms with Crippen molar-refractivity contribution in [3.05, 3.63) is 44.6 Å². The van der Waals surface area contributed by atoms with Crippen LogP contribution in [0.5, 0.6) is 0 Å². The lowest BCUT2D eigenvalue weighted by molar-refractivity contribution is 0.112. The van der Waals surface area contributed by atoms with Crippen LogP contribution in [0.4, 0.5) is 0 Å². The number of hydrogen-bond donors (Lipinski definition) is 0. The fourth-order valence-electron chi connectivity index (χ4n) is 2.01. The van der Waals surface area contributed by atoms with Crippen molar-refractivity contribution in [3.63, 3.8) is 0 Å². The Balaban J connectivity index is 2.59. The molecule has 2 rings (SSSR count). The molecular weight excluding hydrogens is 328 g/mol. The number of aryl methyl sites for hydroxylation is 2. The summed E-state index contributed by atoms with van der Waals surface area (Å²) in [6.45, 7) is 4.03. The van der Waals surface area contributed by atoms with Gasteiger partial charge in [0.2, 0.25) is 0 Å². The summed E-state index contributed by atoms with van der Waals surface area (Å²) >= 11 is 9.70. The van der Waals surface area contributed by atoms with Crippen LogP contribution < -0.4 is 0 Å². The van der Waals surface area contributed by atoms with E-state index in [4.69, 9.17) is 11.6 Å². The van der Waals surface area contributed by atoms with Gasteiger partial charge in [-0.1, -0.05) is 40.9 Å². The van der Waals surface area contributed by atoms with Gasteiger partial charge in [0.05, 0.1) is 16.9 Å². The fourth-order valence-corrected chi connectivity index (χ4v) is 2.76. The van der Waals surface area contributed by atoms with Gasteiger partial charge >= 0.3 is 0 Å². The van der Waals surface area contributed by atoms with Crippen molar-refractivity contribution in [2.45, 2.75) is 26.7 Å². The van der Waals surface area contributed by atoms with E-state index in [0.29, 0.717) is 10.7 Å². The van der Waals surface area contributed by atoms with Crippen LogP contribution in [0.1, 0.15) is 35.0 Å². The first-order valence-electron chi connectivity index (χ1n) is 6.07. The number of nitrogens with zero attached hydrogens (tertiary/aromatic N) is 2. The maximum atomic E-state index is 11.2. The van der Waals surface area contributed by atoms with Crippen LogP contribution in [-0.2, 0) is 6.42 Å². The van der Waals surface area contributed by atoms with Gasteiger partial charge in [0, 0.05) is 4.47 Å². The van der Waals surface area contributed by atoms with Crippen LogP contribution >= 0.6 is 27.5 Å². The lowest BCUT2D eigenvalue weighted by atomic mass is 10.2. The summed E-state index contributed by atoms with van der Waals surface area (Å²) in [6, 6.07) is 5.86. The van der Waals surface area contributed by atoms with E-state index in [1.807, 2.05) is 32.0 Å². The van der Waals surface area contributed by atoms with Crippen LogP contribution in [0.25, 0.3) is 5.69 Å². The second-order valence-corrected chi connectivity index (χ2v) is 5.64. The number of benzene rings is 1.